The molecule has 0 unspecified atom stereocenters. The van der Waals surface area contributed by atoms with Gasteiger partial charge in [0.25, 0.3) is 5.91 Å². The van der Waals surface area contributed by atoms with Gasteiger partial charge in [0.15, 0.2) is 5.75 Å². The molecule has 1 aliphatic heterocycles. The first-order chi connectivity index (χ1) is 13.6. The Hall–Kier alpha value is -2.19. The molecule has 1 aliphatic rings. The van der Waals surface area contributed by atoms with Crippen molar-refractivity contribution < 1.29 is 19.2 Å². The van der Waals surface area contributed by atoms with Crippen LogP contribution in [0.15, 0.2) is 18.2 Å². The van der Waals surface area contributed by atoms with Gasteiger partial charge in [0.1, 0.15) is 6.61 Å². The molecule has 1 aromatic carbocycles. The second-order valence-corrected chi connectivity index (χ2v) is 6.89. The Labute approximate surface area is 166 Å². The maximum atomic E-state index is 12.9. The summed E-state index contributed by atoms with van der Waals surface area (Å²) in [6.07, 6.45) is 2.80. The molecule has 0 aliphatic carbocycles. The Morgan fingerprint density at radius 3 is 2.64 bits per heavy atom. The van der Waals surface area contributed by atoms with Crippen molar-refractivity contribution in [2.45, 2.75) is 33.1 Å². The number of rotatable bonds is 11. The van der Waals surface area contributed by atoms with E-state index in [9.17, 15) is 14.9 Å². The number of hydrogen-bond donors (Lipinski definition) is 0. The third kappa shape index (κ3) is 6.45. The third-order valence-electron chi connectivity index (χ3n) is 4.73. The molecule has 0 aromatic heterocycles. The predicted molar refractivity (Wildman–Crippen MR) is 107 cm³/mol. The molecule has 0 saturated carbocycles. The van der Waals surface area contributed by atoms with Gasteiger partial charge in [0.2, 0.25) is 0 Å². The summed E-state index contributed by atoms with van der Waals surface area (Å²) in [6, 6.07) is 4.39. The van der Waals surface area contributed by atoms with Crippen LogP contribution in [0.25, 0.3) is 0 Å². The molecule has 1 aromatic rings. The van der Waals surface area contributed by atoms with Gasteiger partial charge in [-0.3, -0.25) is 19.8 Å². The van der Waals surface area contributed by atoms with Crippen molar-refractivity contribution in [2.75, 3.05) is 52.5 Å². The maximum Gasteiger partial charge on any atom is 0.310 e. The van der Waals surface area contributed by atoms with E-state index in [1.54, 1.807) is 0 Å². The zero-order valence-electron chi connectivity index (χ0n) is 16.9. The van der Waals surface area contributed by atoms with Crippen LogP contribution in [0.5, 0.6) is 5.75 Å². The first-order valence-electron chi connectivity index (χ1n) is 10.1. The van der Waals surface area contributed by atoms with Crippen molar-refractivity contribution in [3.05, 3.63) is 33.9 Å². The fourth-order valence-electron chi connectivity index (χ4n) is 3.14. The highest BCUT2D eigenvalue weighted by Crippen LogP contribution is 2.28. The zero-order valence-corrected chi connectivity index (χ0v) is 16.9. The fraction of sp³-hybridized carbons (Fsp3) is 0.650. The molecular weight excluding hydrogens is 362 g/mol. The molecule has 28 heavy (non-hydrogen) atoms. The Kier molecular flexibility index (Phi) is 9.16. The number of morpholine rings is 1. The van der Waals surface area contributed by atoms with E-state index in [0.29, 0.717) is 45.0 Å². The summed E-state index contributed by atoms with van der Waals surface area (Å²) in [5, 5.41) is 11.3. The molecule has 1 saturated heterocycles. The highest BCUT2D eigenvalue weighted by atomic mass is 16.6. The van der Waals surface area contributed by atoms with E-state index in [2.05, 4.69) is 11.8 Å². The van der Waals surface area contributed by atoms with Crippen molar-refractivity contribution in [2.24, 2.45) is 0 Å². The van der Waals surface area contributed by atoms with Gasteiger partial charge < -0.3 is 14.4 Å². The second-order valence-electron chi connectivity index (χ2n) is 6.89. The second kappa shape index (κ2) is 11.6. The van der Waals surface area contributed by atoms with E-state index in [1.807, 2.05) is 11.8 Å². The normalized spacial score (nSPS) is 14.6. The Morgan fingerprint density at radius 2 is 2.00 bits per heavy atom. The molecule has 0 N–H and O–H groups in total. The van der Waals surface area contributed by atoms with Crippen LogP contribution in [0.4, 0.5) is 5.69 Å². The summed E-state index contributed by atoms with van der Waals surface area (Å²) in [7, 11) is 0. The lowest BCUT2D eigenvalue weighted by molar-refractivity contribution is -0.385. The van der Waals surface area contributed by atoms with E-state index < -0.39 is 4.92 Å². The Bertz CT molecular complexity index is 647. The summed E-state index contributed by atoms with van der Waals surface area (Å²) >= 11 is 0. The van der Waals surface area contributed by atoms with E-state index in [4.69, 9.17) is 9.47 Å². The molecule has 8 nitrogen and oxygen atoms in total. The quantitative estimate of drug-likeness (QED) is 0.424. The average Bonchev–Trinajstić information content (AvgIpc) is 2.71. The maximum absolute atomic E-state index is 12.9. The summed E-state index contributed by atoms with van der Waals surface area (Å²) in [5.41, 5.74) is 0.311. The topological polar surface area (TPSA) is 85.2 Å². The number of nitro benzene ring substituents is 1. The van der Waals surface area contributed by atoms with Crippen molar-refractivity contribution in [3.63, 3.8) is 0 Å². The van der Waals surface area contributed by atoms with Crippen LogP contribution in [0.1, 0.15) is 43.5 Å². The van der Waals surface area contributed by atoms with E-state index in [1.165, 1.54) is 18.2 Å². The number of benzene rings is 1. The first-order valence-corrected chi connectivity index (χ1v) is 10.1. The molecule has 0 spiro atoms. The monoisotopic (exact) mass is 393 g/mol. The van der Waals surface area contributed by atoms with E-state index in [-0.39, 0.29) is 17.3 Å². The van der Waals surface area contributed by atoms with Crippen LogP contribution < -0.4 is 4.74 Å². The smallest absolute Gasteiger partial charge is 0.310 e. The van der Waals surface area contributed by atoms with Crippen LogP contribution in [-0.2, 0) is 4.74 Å². The van der Waals surface area contributed by atoms with Crippen molar-refractivity contribution in [1.82, 2.24) is 9.80 Å². The van der Waals surface area contributed by atoms with Crippen LogP contribution in [0, 0.1) is 10.1 Å². The first kappa shape index (κ1) is 22.1. The Balaban J connectivity index is 2.09. The minimum absolute atomic E-state index is 0.108. The van der Waals surface area contributed by atoms with E-state index in [0.717, 1.165) is 32.4 Å². The van der Waals surface area contributed by atoms with Gasteiger partial charge in [0.05, 0.1) is 18.1 Å². The molecule has 0 radical (unpaired) electrons. The number of amides is 1. The predicted octanol–water partition coefficient (Wildman–Crippen LogP) is 2.96. The lowest BCUT2D eigenvalue weighted by Crippen LogP contribution is -2.38. The molecule has 1 heterocycles. The number of carbonyl (C=O) groups is 1. The van der Waals surface area contributed by atoms with Crippen LogP contribution >= 0.6 is 0 Å². The van der Waals surface area contributed by atoms with Gasteiger partial charge >= 0.3 is 5.69 Å². The minimum atomic E-state index is -0.473. The standard InChI is InChI=1S/C20H31N3O5/c1-3-5-9-22(8-4-2)20(24)17-6-7-18(23(25)26)19(16-17)28-15-12-21-10-13-27-14-11-21/h6-7,16H,3-5,8-15H2,1-2H3. The Morgan fingerprint density at radius 1 is 1.25 bits per heavy atom. The summed E-state index contributed by atoms with van der Waals surface area (Å²) < 4.78 is 11.0. The molecular formula is C20H31N3O5. The number of carbonyl (C=O) groups excluding carboxylic acids is 1. The fourth-order valence-corrected chi connectivity index (χ4v) is 3.14. The lowest BCUT2D eigenvalue weighted by atomic mass is 10.1. The average molecular weight is 393 g/mol. The van der Waals surface area contributed by atoms with Crippen LogP contribution in [-0.4, -0.2) is 73.2 Å². The molecule has 1 amide bonds. The van der Waals surface area contributed by atoms with Gasteiger partial charge in [-0.1, -0.05) is 20.3 Å². The van der Waals surface area contributed by atoms with Gasteiger partial charge in [-0.2, -0.15) is 0 Å². The number of nitrogens with zero attached hydrogens (tertiary/aromatic N) is 3. The van der Waals surface area contributed by atoms with Gasteiger partial charge in [-0.15, -0.1) is 0 Å². The minimum Gasteiger partial charge on any atom is -0.485 e. The zero-order chi connectivity index (χ0) is 20.4. The number of ether oxygens (including phenoxy) is 2. The highest BCUT2D eigenvalue weighted by molar-refractivity contribution is 5.95. The molecule has 8 heteroatoms. The molecule has 2 rings (SSSR count). The molecule has 0 atom stereocenters. The van der Waals surface area contributed by atoms with Crippen molar-refractivity contribution >= 4 is 11.6 Å². The molecule has 156 valence electrons. The largest absolute Gasteiger partial charge is 0.485 e. The summed E-state index contributed by atoms with van der Waals surface area (Å²) in [5.74, 6) is 0.0410. The number of nitro groups is 1. The molecule has 1 fully saturated rings. The molecule has 0 bridgehead atoms. The SMILES string of the molecule is CCCCN(CCC)C(=O)c1ccc([N+](=O)[O-])c(OCCN2CCOCC2)c1. The third-order valence-corrected chi connectivity index (χ3v) is 4.73. The van der Waals surface area contributed by atoms with Crippen LogP contribution in [0.3, 0.4) is 0 Å². The van der Waals surface area contributed by atoms with Crippen molar-refractivity contribution in [3.8, 4) is 5.75 Å². The van der Waals surface area contributed by atoms with Crippen LogP contribution in [0.2, 0.25) is 0 Å². The summed E-state index contributed by atoms with van der Waals surface area (Å²) in [4.78, 5) is 27.7. The van der Waals surface area contributed by atoms with Gasteiger partial charge in [-0.05, 0) is 18.9 Å². The van der Waals surface area contributed by atoms with Gasteiger partial charge in [-0.25, -0.2) is 0 Å². The number of hydrogen-bond acceptors (Lipinski definition) is 6. The number of unbranched alkanes of at least 4 members (excludes halogenated alkanes) is 1. The highest BCUT2D eigenvalue weighted by Gasteiger charge is 2.21. The van der Waals surface area contributed by atoms with E-state index >= 15 is 0 Å². The lowest BCUT2D eigenvalue weighted by Gasteiger charge is -2.26. The van der Waals surface area contributed by atoms with Crippen molar-refractivity contribution in [1.29, 1.82) is 0 Å². The van der Waals surface area contributed by atoms with Gasteiger partial charge in [0, 0.05) is 50.4 Å². The summed E-state index contributed by atoms with van der Waals surface area (Å²) in [6.45, 7) is 9.49.